The second kappa shape index (κ2) is 54.7. The van der Waals surface area contributed by atoms with Gasteiger partial charge in [-0.1, -0.05) is 223 Å². The Bertz CT molecular complexity index is 1200. The average molecular weight is 924 g/mol. The van der Waals surface area contributed by atoms with Gasteiger partial charge in [0, 0.05) is 19.3 Å². The number of allylic oxidation sites excluding steroid dienone is 10. The van der Waals surface area contributed by atoms with Gasteiger partial charge in [0.05, 0.1) is 0 Å². The third kappa shape index (κ3) is 52.1. The van der Waals surface area contributed by atoms with E-state index < -0.39 is 6.10 Å². The topological polar surface area (TPSA) is 78.9 Å². The summed E-state index contributed by atoms with van der Waals surface area (Å²) >= 11 is 0. The molecule has 0 aromatic heterocycles. The van der Waals surface area contributed by atoms with E-state index in [1.54, 1.807) is 0 Å². The van der Waals surface area contributed by atoms with Gasteiger partial charge in [-0.05, 0) is 103 Å². The highest BCUT2D eigenvalue weighted by atomic mass is 16.6. The highest BCUT2D eigenvalue weighted by Gasteiger charge is 2.19. The van der Waals surface area contributed by atoms with Crippen LogP contribution in [0.4, 0.5) is 0 Å². The molecule has 66 heavy (non-hydrogen) atoms. The number of carbonyl (C=O) groups is 3. The molecule has 0 spiro atoms. The Balaban J connectivity index is 4.39. The maximum Gasteiger partial charge on any atom is 0.306 e. The molecule has 1 atom stereocenters. The van der Waals surface area contributed by atoms with Crippen molar-refractivity contribution in [3.8, 4) is 0 Å². The summed E-state index contributed by atoms with van der Waals surface area (Å²) in [6.45, 7) is 6.51. The lowest BCUT2D eigenvalue weighted by molar-refractivity contribution is -0.167. The number of esters is 3. The third-order valence-electron chi connectivity index (χ3n) is 12.2. The van der Waals surface area contributed by atoms with E-state index in [4.69, 9.17) is 14.2 Å². The van der Waals surface area contributed by atoms with Crippen LogP contribution < -0.4 is 0 Å². The smallest absolute Gasteiger partial charge is 0.306 e. The summed E-state index contributed by atoms with van der Waals surface area (Å²) < 4.78 is 16.9. The van der Waals surface area contributed by atoms with Crippen LogP contribution >= 0.6 is 0 Å². The minimum Gasteiger partial charge on any atom is -0.462 e. The number of unbranched alkanes of at least 4 members (excludes halogenated alkanes) is 30. The maximum absolute atomic E-state index is 12.8. The van der Waals surface area contributed by atoms with Gasteiger partial charge in [0.1, 0.15) is 13.2 Å². The lowest BCUT2D eigenvalue weighted by atomic mass is 10.1. The average Bonchev–Trinajstić information content (AvgIpc) is 3.31. The van der Waals surface area contributed by atoms with Crippen LogP contribution in [0.5, 0.6) is 0 Å². The van der Waals surface area contributed by atoms with Crippen molar-refractivity contribution in [2.75, 3.05) is 13.2 Å². The Morgan fingerprint density at radius 1 is 0.318 bits per heavy atom. The van der Waals surface area contributed by atoms with Crippen LogP contribution in [0.25, 0.3) is 0 Å². The fraction of sp³-hybridized carbons (Fsp3) is 0.783. The van der Waals surface area contributed by atoms with Crippen LogP contribution in [-0.4, -0.2) is 37.2 Å². The minimum absolute atomic E-state index is 0.0819. The summed E-state index contributed by atoms with van der Waals surface area (Å²) in [6.07, 6.45) is 67.7. The van der Waals surface area contributed by atoms with E-state index in [1.165, 1.54) is 154 Å². The highest BCUT2D eigenvalue weighted by Crippen LogP contribution is 2.15. The normalized spacial score (nSPS) is 12.5. The number of hydrogen-bond donors (Lipinski definition) is 0. The third-order valence-corrected chi connectivity index (χ3v) is 12.2. The fourth-order valence-corrected chi connectivity index (χ4v) is 7.98. The molecule has 0 saturated carbocycles. The molecular weight excluding hydrogens is 817 g/mol. The van der Waals surface area contributed by atoms with E-state index in [0.717, 1.165) is 89.9 Å². The van der Waals surface area contributed by atoms with Crippen molar-refractivity contribution in [1.29, 1.82) is 0 Å². The van der Waals surface area contributed by atoms with E-state index in [9.17, 15) is 14.4 Å². The number of hydrogen-bond acceptors (Lipinski definition) is 6. The molecule has 1 unspecified atom stereocenters. The first kappa shape index (κ1) is 63.1. The second-order valence-corrected chi connectivity index (χ2v) is 18.8. The Hall–Kier alpha value is -2.89. The molecule has 0 saturated heterocycles. The summed E-state index contributed by atoms with van der Waals surface area (Å²) in [7, 11) is 0. The fourth-order valence-electron chi connectivity index (χ4n) is 7.98. The minimum atomic E-state index is -0.783. The SMILES string of the molecule is CC/C=C\C/C=C\CCCCCCCCCC(=O)OCC(COC(=O)CCCCCCCCC/C=C\C/C=C\CCCCC)OC(=O)CCCCCCCCC/C=C\CCCCCCCC. The zero-order chi connectivity index (χ0) is 47.9. The quantitative estimate of drug-likeness (QED) is 0.0262. The van der Waals surface area contributed by atoms with E-state index in [1.807, 2.05) is 0 Å². The van der Waals surface area contributed by atoms with Crippen LogP contribution in [0.2, 0.25) is 0 Å². The van der Waals surface area contributed by atoms with Gasteiger partial charge in [-0.3, -0.25) is 14.4 Å². The largest absolute Gasteiger partial charge is 0.462 e. The van der Waals surface area contributed by atoms with Crippen molar-refractivity contribution >= 4 is 17.9 Å². The first-order valence-electron chi connectivity index (χ1n) is 28.3. The van der Waals surface area contributed by atoms with Gasteiger partial charge in [-0.25, -0.2) is 0 Å². The van der Waals surface area contributed by atoms with E-state index in [0.29, 0.717) is 19.3 Å². The van der Waals surface area contributed by atoms with Crippen LogP contribution in [0.1, 0.15) is 284 Å². The molecular formula is C60H106O6. The molecule has 0 heterocycles. The van der Waals surface area contributed by atoms with Crippen molar-refractivity contribution in [1.82, 2.24) is 0 Å². The monoisotopic (exact) mass is 923 g/mol. The van der Waals surface area contributed by atoms with Crippen molar-refractivity contribution < 1.29 is 28.6 Å². The molecule has 0 bridgehead atoms. The Morgan fingerprint density at radius 3 is 0.955 bits per heavy atom. The molecule has 0 amide bonds. The summed E-state index contributed by atoms with van der Waals surface area (Å²) in [5.41, 5.74) is 0. The molecule has 0 aliphatic heterocycles. The predicted octanol–water partition coefficient (Wildman–Crippen LogP) is 18.8. The number of rotatable bonds is 51. The molecule has 0 fully saturated rings. The predicted molar refractivity (Wildman–Crippen MR) is 284 cm³/mol. The zero-order valence-electron chi connectivity index (χ0n) is 43.7. The lowest BCUT2D eigenvalue weighted by Crippen LogP contribution is -2.30. The van der Waals surface area contributed by atoms with E-state index >= 15 is 0 Å². The summed E-state index contributed by atoms with van der Waals surface area (Å²) in [4.78, 5) is 38.1. The van der Waals surface area contributed by atoms with Crippen LogP contribution in [0.15, 0.2) is 60.8 Å². The van der Waals surface area contributed by atoms with Crippen LogP contribution in [0.3, 0.4) is 0 Å². The number of carbonyl (C=O) groups excluding carboxylic acids is 3. The molecule has 0 radical (unpaired) electrons. The molecule has 0 N–H and O–H groups in total. The van der Waals surface area contributed by atoms with E-state index in [-0.39, 0.29) is 31.1 Å². The molecule has 0 aromatic rings. The first-order valence-corrected chi connectivity index (χ1v) is 28.3. The van der Waals surface area contributed by atoms with Gasteiger partial charge < -0.3 is 14.2 Å². The summed E-state index contributed by atoms with van der Waals surface area (Å²) in [6, 6.07) is 0. The highest BCUT2D eigenvalue weighted by molar-refractivity contribution is 5.71. The van der Waals surface area contributed by atoms with Gasteiger partial charge in [0.15, 0.2) is 6.10 Å². The standard InChI is InChI=1S/C60H106O6/c1-4-7-10-13-16-19-22-25-28-30-32-35-38-41-44-47-50-53-59(62)65-56-57(55-64-58(61)52-49-46-43-40-37-34-27-24-21-18-15-12-9-6-3)66-60(63)54-51-48-45-42-39-36-33-31-29-26-23-20-17-14-11-8-5-2/h9,12,16,18-19,21,25-26,28-29,57H,4-8,10-11,13-15,17,20,22-24,27,30-56H2,1-3H3/b12-9-,19-16-,21-18-,28-25-,29-26-. The molecule has 0 aromatic carbocycles. The molecule has 0 rings (SSSR count). The Morgan fingerprint density at radius 2 is 0.591 bits per heavy atom. The van der Waals surface area contributed by atoms with Gasteiger partial charge >= 0.3 is 17.9 Å². The molecule has 0 aliphatic carbocycles. The Kier molecular flexibility index (Phi) is 52.3. The van der Waals surface area contributed by atoms with Crippen molar-refractivity contribution in [3.63, 3.8) is 0 Å². The second-order valence-electron chi connectivity index (χ2n) is 18.8. The van der Waals surface area contributed by atoms with Gasteiger partial charge in [-0.2, -0.15) is 0 Å². The summed E-state index contributed by atoms with van der Waals surface area (Å²) in [5, 5.41) is 0. The Labute approximate surface area is 409 Å². The van der Waals surface area contributed by atoms with Crippen LogP contribution in [-0.2, 0) is 28.6 Å². The lowest BCUT2D eigenvalue weighted by Gasteiger charge is -2.18. The van der Waals surface area contributed by atoms with Crippen LogP contribution in [0, 0.1) is 0 Å². The van der Waals surface area contributed by atoms with Crippen molar-refractivity contribution in [2.45, 2.75) is 290 Å². The first-order chi connectivity index (χ1) is 32.5. The molecule has 6 heteroatoms. The maximum atomic E-state index is 12.8. The zero-order valence-corrected chi connectivity index (χ0v) is 43.7. The van der Waals surface area contributed by atoms with Gasteiger partial charge in [0.2, 0.25) is 0 Å². The molecule has 6 nitrogen and oxygen atoms in total. The van der Waals surface area contributed by atoms with Gasteiger partial charge in [0.25, 0.3) is 0 Å². The van der Waals surface area contributed by atoms with Gasteiger partial charge in [-0.15, -0.1) is 0 Å². The summed E-state index contributed by atoms with van der Waals surface area (Å²) in [5.74, 6) is -0.892. The van der Waals surface area contributed by atoms with Crippen molar-refractivity contribution in [2.24, 2.45) is 0 Å². The molecule has 382 valence electrons. The number of ether oxygens (including phenoxy) is 3. The van der Waals surface area contributed by atoms with Crippen molar-refractivity contribution in [3.05, 3.63) is 60.8 Å². The molecule has 0 aliphatic rings. The van der Waals surface area contributed by atoms with E-state index in [2.05, 4.69) is 81.5 Å².